The van der Waals surface area contributed by atoms with E-state index in [4.69, 9.17) is 39.5 Å². The first-order valence-corrected chi connectivity index (χ1v) is 14.7. The molecule has 0 spiro atoms. The van der Waals surface area contributed by atoms with Crippen molar-refractivity contribution in [1.82, 2.24) is 19.7 Å². The van der Waals surface area contributed by atoms with E-state index in [1.807, 2.05) is 6.07 Å². The first kappa shape index (κ1) is 34.5. The first-order chi connectivity index (χ1) is 22.0. The molecule has 0 unspecified atom stereocenters. The van der Waals surface area contributed by atoms with Gasteiger partial charge in [0, 0.05) is 35.1 Å². The molecule has 4 aromatic rings. The van der Waals surface area contributed by atoms with Gasteiger partial charge in [-0.1, -0.05) is 65.1 Å². The van der Waals surface area contributed by atoms with Gasteiger partial charge in [-0.2, -0.15) is 31.4 Å². The number of carbonyl (C=O) groups is 2. The Morgan fingerprint density at radius 1 is 0.894 bits per heavy atom. The lowest BCUT2D eigenvalue weighted by atomic mass is 9.94. The Morgan fingerprint density at radius 2 is 1.51 bits per heavy atom. The fourth-order valence-electron chi connectivity index (χ4n) is 4.65. The standard InChI is InChI=1S/C30H20Cl3F7N4O3/c31-22-9-19(28(34,29(35,36)37)30(38,39)40)10-23(32)25(22)44-13-18(12-42-44)17-8-21(26(33)41-11-17)27(46)43(20-6-7-20)14-24(45)47-15-16-4-2-1-3-5-16/h1-5,8-13,20H,6-7,14-15H2. The zero-order chi connectivity index (χ0) is 34.3. The van der Waals surface area contributed by atoms with Gasteiger partial charge < -0.3 is 9.64 Å². The molecule has 0 atom stereocenters. The Bertz CT molecular complexity index is 1780. The minimum atomic E-state index is -6.37. The summed E-state index contributed by atoms with van der Waals surface area (Å²) >= 11 is 18.3. The number of nitrogens with zero attached hydrogens (tertiary/aromatic N) is 4. The maximum atomic E-state index is 14.6. The summed E-state index contributed by atoms with van der Waals surface area (Å²) in [6, 6.07) is 10.5. The number of carbonyl (C=O) groups excluding carboxylic acids is 2. The second-order valence-corrected chi connectivity index (χ2v) is 11.7. The third-order valence-corrected chi connectivity index (χ3v) is 8.08. The van der Waals surface area contributed by atoms with Crippen molar-refractivity contribution in [2.75, 3.05) is 6.54 Å². The Balaban J connectivity index is 1.39. The van der Waals surface area contributed by atoms with Gasteiger partial charge in [0.1, 0.15) is 24.0 Å². The number of hydrogen-bond donors (Lipinski definition) is 0. The van der Waals surface area contributed by atoms with E-state index in [-0.39, 0.29) is 58.9 Å². The van der Waals surface area contributed by atoms with Crippen LogP contribution in [-0.2, 0) is 21.8 Å². The van der Waals surface area contributed by atoms with Gasteiger partial charge in [0.25, 0.3) is 5.91 Å². The number of amides is 1. The highest BCUT2D eigenvalue weighted by Crippen LogP contribution is 2.54. The average molecular weight is 724 g/mol. The number of halogens is 10. The molecular weight excluding hydrogens is 704 g/mol. The predicted molar refractivity (Wildman–Crippen MR) is 157 cm³/mol. The molecule has 1 fully saturated rings. The number of rotatable bonds is 9. The number of hydrogen-bond acceptors (Lipinski definition) is 5. The SMILES string of the molecule is O=C(CN(C(=O)c1cc(-c2cnn(-c3c(Cl)cc(C(F)(C(F)(F)F)C(F)(F)F)cc3Cl)c2)cnc1Cl)C1CC1)OCc1ccccc1. The number of esters is 1. The number of pyridine rings is 1. The van der Waals surface area contributed by atoms with Crippen molar-refractivity contribution in [2.24, 2.45) is 0 Å². The largest absolute Gasteiger partial charge is 0.459 e. The molecule has 0 N–H and O–H groups in total. The lowest BCUT2D eigenvalue weighted by Crippen LogP contribution is -2.50. The highest BCUT2D eigenvalue weighted by atomic mass is 35.5. The number of ether oxygens (including phenoxy) is 1. The highest BCUT2D eigenvalue weighted by molar-refractivity contribution is 6.38. The second-order valence-electron chi connectivity index (χ2n) is 10.5. The van der Waals surface area contributed by atoms with Crippen LogP contribution < -0.4 is 0 Å². The van der Waals surface area contributed by atoms with Crippen LogP contribution in [0.5, 0.6) is 0 Å². The van der Waals surface area contributed by atoms with Gasteiger partial charge in [0.2, 0.25) is 0 Å². The molecule has 5 rings (SSSR count). The summed E-state index contributed by atoms with van der Waals surface area (Å²) < 4.78 is 101. The van der Waals surface area contributed by atoms with Gasteiger partial charge in [0.15, 0.2) is 0 Å². The molecule has 2 aromatic carbocycles. The van der Waals surface area contributed by atoms with Crippen LogP contribution >= 0.6 is 34.8 Å². The zero-order valence-corrected chi connectivity index (χ0v) is 25.8. The van der Waals surface area contributed by atoms with Crippen LogP contribution in [0.2, 0.25) is 15.2 Å². The third kappa shape index (κ3) is 7.04. The molecular formula is C30H20Cl3F7N4O3. The molecule has 248 valence electrons. The van der Waals surface area contributed by atoms with E-state index in [1.165, 1.54) is 29.6 Å². The topological polar surface area (TPSA) is 77.3 Å². The van der Waals surface area contributed by atoms with E-state index >= 15 is 0 Å². The summed E-state index contributed by atoms with van der Waals surface area (Å²) in [5.74, 6) is -1.23. The van der Waals surface area contributed by atoms with Crippen molar-refractivity contribution in [1.29, 1.82) is 0 Å². The molecule has 2 aromatic heterocycles. The van der Waals surface area contributed by atoms with E-state index in [9.17, 15) is 40.3 Å². The molecule has 47 heavy (non-hydrogen) atoms. The van der Waals surface area contributed by atoms with E-state index in [0.29, 0.717) is 12.8 Å². The fraction of sp³-hybridized carbons (Fsp3) is 0.267. The number of alkyl halides is 7. The average Bonchev–Trinajstić information content (AvgIpc) is 3.73. The molecule has 1 saturated carbocycles. The van der Waals surface area contributed by atoms with Gasteiger partial charge in [-0.3, -0.25) is 9.59 Å². The summed E-state index contributed by atoms with van der Waals surface area (Å²) in [5, 5.41) is 2.33. The van der Waals surface area contributed by atoms with Crippen molar-refractivity contribution in [3.63, 3.8) is 0 Å². The van der Waals surface area contributed by atoms with E-state index in [0.717, 1.165) is 10.2 Å². The van der Waals surface area contributed by atoms with E-state index in [2.05, 4.69) is 10.1 Å². The summed E-state index contributed by atoms with van der Waals surface area (Å²) in [5.41, 5.74) is -6.72. The normalized spacial score (nSPS) is 13.8. The van der Waals surface area contributed by atoms with Crippen molar-refractivity contribution in [3.05, 3.63) is 99.0 Å². The van der Waals surface area contributed by atoms with E-state index < -0.39 is 45.5 Å². The Kier molecular flexibility index (Phi) is 9.50. The van der Waals surface area contributed by atoms with Gasteiger partial charge >= 0.3 is 24.0 Å². The fourth-order valence-corrected chi connectivity index (χ4v) is 5.50. The lowest BCUT2D eigenvalue weighted by Gasteiger charge is -2.30. The summed E-state index contributed by atoms with van der Waals surface area (Å²) in [6.45, 7) is -0.325. The first-order valence-electron chi connectivity index (χ1n) is 13.5. The zero-order valence-electron chi connectivity index (χ0n) is 23.5. The van der Waals surface area contributed by atoms with Crippen molar-refractivity contribution in [2.45, 2.75) is 43.5 Å². The van der Waals surface area contributed by atoms with Crippen LogP contribution in [0, 0.1) is 0 Å². The van der Waals surface area contributed by atoms with Crippen LogP contribution in [0.15, 0.2) is 67.1 Å². The minimum absolute atomic E-state index is 0.0181. The number of aromatic nitrogens is 3. The molecule has 0 bridgehead atoms. The Hall–Kier alpha value is -3.88. The lowest BCUT2D eigenvalue weighted by molar-refractivity contribution is -0.348. The van der Waals surface area contributed by atoms with Gasteiger partial charge in [-0.05, 0) is 36.6 Å². The molecule has 1 aliphatic carbocycles. The maximum absolute atomic E-state index is 14.6. The molecule has 7 nitrogen and oxygen atoms in total. The monoisotopic (exact) mass is 722 g/mol. The van der Waals surface area contributed by atoms with Crippen LogP contribution in [0.3, 0.4) is 0 Å². The summed E-state index contributed by atoms with van der Waals surface area (Å²) in [6.07, 6.45) is -7.66. The maximum Gasteiger partial charge on any atom is 0.435 e. The predicted octanol–water partition coefficient (Wildman–Crippen LogP) is 8.53. The van der Waals surface area contributed by atoms with Crippen LogP contribution in [0.1, 0.15) is 34.3 Å². The van der Waals surface area contributed by atoms with Crippen LogP contribution in [0.25, 0.3) is 16.8 Å². The van der Waals surface area contributed by atoms with Crippen molar-refractivity contribution < 1.29 is 45.1 Å². The molecule has 1 aliphatic rings. The van der Waals surface area contributed by atoms with Crippen LogP contribution in [-0.4, -0.2) is 56.5 Å². The number of benzene rings is 2. The molecule has 0 aliphatic heterocycles. The Labute approximate surface area is 276 Å². The van der Waals surface area contributed by atoms with Gasteiger partial charge in [-0.15, -0.1) is 0 Å². The molecule has 2 heterocycles. The molecule has 0 saturated heterocycles. The van der Waals surface area contributed by atoms with Crippen LogP contribution in [0.4, 0.5) is 30.7 Å². The molecule has 0 radical (unpaired) electrons. The van der Waals surface area contributed by atoms with Crippen molar-refractivity contribution in [3.8, 4) is 16.8 Å². The summed E-state index contributed by atoms with van der Waals surface area (Å²) in [7, 11) is 0. The van der Waals surface area contributed by atoms with Gasteiger partial charge in [0.05, 0.1) is 21.8 Å². The second kappa shape index (κ2) is 13.0. The van der Waals surface area contributed by atoms with Gasteiger partial charge in [-0.25, -0.2) is 14.1 Å². The van der Waals surface area contributed by atoms with E-state index in [1.54, 1.807) is 24.3 Å². The quantitative estimate of drug-likeness (QED) is 0.0984. The molecule has 17 heteroatoms. The third-order valence-electron chi connectivity index (χ3n) is 7.20. The summed E-state index contributed by atoms with van der Waals surface area (Å²) in [4.78, 5) is 31.5. The minimum Gasteiger partial charge on any atom is -0.459 e. The van der Waals surface area contributed by atoms with Crippen molar-refractivity contribution >= 4 is 46.7 Å². The smallest absolute Gasteiger partial charge is 0.435 e. The highest BCUT2D eigenvalue weighted by Gasteiger charge is 2.73. The molecule has 1 amide bonds. The Morgan fingerprint density at radius 3 is 2.09 bits per heavy atom.